The van der Waals surface area contributed by atoms with Gasteiger partial charge in [0.2, 0.25) is 0 Å². The standard InChI is InChI=1S/C4H4N2O3/c1-6-4(9)2(7)3(5)8/h1H2,(H2,5,8). The lowest BCUT2D eigenvalue weighted by Crippen LogP contribution is -2.28. The molecule has 0 saturated heterocycles. The largest absolute Gasteiger partial charge is 0.363 e. The summed E-state index contributed by atoms with van der Waals surface area (Å²) >= 11 is 0. The van der Waals surface area contributed by atoms with Gasteiger partial charge in [0.05, 0.1) is 0 Å². The Balaban J connectivity index is 4.22. The second-order valence-corrected chi connectivity index (χ2v) is 1.16. The molecule has 0 spiro atoms. The van der Waals surface area contributed by atoms with Gasteiger partial charge in [-0.3, -0.25) is 14.4 Å². The summed E-state index contributed by atoms with van der Waals surface area (Å²) in [5.74, 6) is -3.88. The summed E-state index contributed by atoms with van der Waals surface area (Å²) in [6.45, 7) is 2.74. The topological polar surface area (TPSA) is 89.6 Å². The molecular weight excluding hydrogens is 124 g/mol. The van der Waals surface area contributed by atoms with Crippen LogP contribution in [-0.2, 0) is 14.4 Å². The van der Waals surface area contributed by atoms with Crippen molar-refractivity contribution in [3.05, 3.63) is 0 Å². The van der Waals surface area contributed by atoms with Gasteiger partial charge >= 0.3 is 11.7 Å². The van der Waals surface area contributed by atoms with E-state index in [9.17, 15) is 14.4 Å². The SMILES string of the molecule is C=NC(=O)C(=O)C(N)=O. The molecule has 5 heteroatoms. The van der Waals surface area contributed by atoms with Crippen molar-refractivity contribution in [2.75, 3.05) is 0 Å². The molecule has 0 radical (unpaired) electrons. The van der Waals surface area contributed by atoms with E-state index in [1.54, 1.807) is 0 Å². The maximum absolute atomic E-state index is 10.1. The summed E-state index contributed by atoms with van der Waals surface area (Å²) in [6, 6.07) is 0. The molecule has 0 aromatic heterocycles. The van der Waals surface area contributed by atoms with Crippen LogP contribution in [0.15, 0.2) is 4.99 Å². The summed E-state index contributed by atoms with van der Waals surface area (Å²) in [7, 11) is 0. The zero-order valence-corrected chi connectivity index (χ0v) is 4.46. The quantitative estimate of drug-likeness (QED) is 0.272. The highest BCUT2D eigenvalue weighted by Gasteiger charge is 2.16. The van der Waals surface area contributed by atoms with Crippen LogP contribution in [-0.4, -0.2) is 24.3 Å². The molecule has 48 valence electrons. The number of nitrogens with two attached hydrogens (primary N) is 1. The summed E-state index contributed by atoms with van der Waals surface area (Å²) in [4.78, 5) is 32.7. The van der Waals surface area contributed by atoms with Crippen LogP contribution in [0.4, 0.5) is 0 Å². The normalized spacial score (nSPS) is 8.00. The number of primary amides is 1. The van der Waals surface area contributed by atoms with Crippen molar-refractivity contribution in [2.24, 2.45) is 10.7 Å². The monoisotopic (exact) mass is 128 g/mol. The molecule has 0 atom stereocenters. The summed E-state index contributed by atoms with van der Waals surface area (Å²) in [6.07, 6.45) is 0. The number of rotatable bonds is 2. The smallest absolute Gasteiger partial charge is 0.322 e. The second-order valence-electron chi connectivity index (χ2n) is 1.16. The Bertz CT molecular complexity index is 184. The second kappa shape index (κ2) is 2.71. The molecule has 0 aromatic carbocycles. The number of nitrogens with zero attached hydrogens (tertiary/aromatic N) is 1. The number of aliphatic imine (C=N–C) groups is 1. The highest BCUT2D eigenvalue weighted by Crippen LogP contribution is 1.74. The van der Waals surface area contributed by atoms with Gasteiger partial charge in [0.25, 0.3) is 5.91 Å². The first-order valence-electron chi connectivity index (χ1n) is 1.94. The third kappa shape index (κ3) is 1.81. The van der Waals surface area contributed by atoms with Crippen LogP contribution < -0.4 is 5.73 Å². The number of amides is 2. The van der Waals surface area contributed by atoms with E-state index >= 15 is 0 Å². The Hall–Kier alpha value is -1.52. The Labute approximate surface area is 50.6 Å². The van der Waals surface area contributed by atoms with Gasteiger partial charge in [-0.25, -0.2) is 4.99 Å². The molecule has 0 rings (SSSR count). The van der Waals surface area contributed by atoms with Crippen molar-refractivity contribution >= 4 is 24.3 Å². The van der Waals surface area contributed by atoms with Crippen molar-refractivity contribution in [3.8, 4) is 0 Å². The Morgan fingerprint density at radius 2 is 1.78 bits per heavy atom. The molecule has 0 unspecified atom stereocenters. The number of ketones is 1. The fourth-order valence-electron chi connectivity index (χ4n) is 0.177. The van der Waals surface area contributed by atoms with E-state index in [-0.39, 0.29) is 0 Å². The third-order valence-electron chi connectivity index (χ3n) is 0.562. The molecule has 2 amide bonds. The Morgan fingerprint density at radius 3 is 1.89 bits per heavy atom. The predicted molar refractivity (Wildman–Crippen MR) is 28.8 cm³/mol. The maximum Gasteiger partial charge on any atom is 0.322 e. The fourth-order valence-corrected chi connectivity index (χ4v) is 0.177. The van der Waals surface area contributed by atoms with E-state index in [4.69, 9.17) is 0 Å². The molecule has 0 heterocycles. The molecule has 0 bridgehead atoms. The molecule has 0 aromatic rings. The van der Waals surface area contributed by atoms with Gasteiger partial charge in [0.1, 0.15) is 0 Å². The Kier molecular flexibility index (Phi) is 2.25. The molecular formula is C4H4N2O3. The van der Waals surface area contributed by atoms with Gasteiger partial charge in [-0.05, 0) is 6.72 Å². The molecule has 0 aliphatic carbocycles. The van der Waals surface area contributed by atoms with Crippen molar-refractivity contribution in [2.45, 2.75) is 0 Å². The van der Waals surface area contributed by atoms with Gasteiger partial charge in [-0.1, -0.05) is 0 Å². The fraction of sp³-hybridized carbons (Fsp3) is 0. The van der Waals surface area contributed by atoms with Crippen LogP contribution in [0.1, 0.15) is 0 Å². The third-order valence-corrected chi connectivity index (χ3v) is 0.562. The predicted octanol–water partition coefficient (Wildman–Crippen LogP) is -1.73. The van der Waals surface area contributed by atoms with Crippen molar-refractivity contribution < 1.29 is 14.4 Å². The number of carbonyl (C=O) groups is 3. The van der Waals surface area contributed by atoms with Crippen LogP contribution in [0.2, 0.25) is 0 Å². The van der Waals surface area contributed by atoms with Crippen LogP contribution in [0.3, 0.4) is 0 Å². The van der Waals surface area contributed by atoms with E-state index in [1.165, 1.54) is 0 Å². The van der Waals surface area contributed by atoms with Gasteiger partial charge in [0.15, 0.2) is 0 Å². The molecule has 0 saturated carbocycles. The van der Waals surface area contributed by atoms with Crippen LogP contribution in [0.5, 0.6) is 0 Å². The molecule has 2 N–H and O–H groups in total. The first-order chi connectivity index (χ1) is 4.09. The average Bonchev–Trinajstić information content (AvgIpc) is 1.84. The maximum atomic E-state index is 10.1. The van der Waals surface area contributed by atoms with Crippen molar-refractivity contribution in [1.82, 2.24) is 0 Å². The zero-order chi connectivity index (χ0) is 7.44. The van der Waals surface area contributed by atoms with E-state index in [1.807, 2.05) is 0 Å². The summed E-state index contributed by atoms with van der Waals surface area (Å²) in [5.41, 5.74) is 4.42. The van der Waals surface area contributed by atoms with Crippen molar-refractivity contribution in [3.63, 3.8) is 0 Å². The van der Waals surface area contributed by atoms with Gasteiger partial charge in [0, 0.05) is 0 Å². The van der Waals surface area contributed by atoms with Crippen LogP contribution >= 0.6 is 0 Å². The highest BCUT2D eigenvalue weighted by molar-refractivity contribution is 6.63. The van der Waals surface area contributed by atoms with Crippen LogP contribution in [0.25, 0.3) is 0 Å². The number of carbonyl (C=O) groups excluding carboxylic acids is 3. The molecule has 0 fully saturated rings. The molecule has 9 heavy (non-hydrogen) atoms. The molecule has 0 aliphatic heterocycles. The van der Waals surface area contributed by atoms with E-state index in [0.29, 0.717) is 0 Å². The minimum Gasteiger partial charge on any atom is -0.363 e. The first-order valence-corrected chi connectivity index (χ1v) is 1.94. The first kappa shape index (κ1) is 7.48. The summed E-state index contributed by atoms with van der Waals surface area (Å²) in [5, 5.41) is 0. The lowest BCUT2D eigenvalue weighted by atomic mass is 10.4. The van der Waals surface area contributed by atoms with Gasteiger partial charge in [-0.15, -0.1) is 0 Å². The summed E-state index contributed by atoms with van der Waals surface area (Å²) < 4.78 is 0. The lowest BCUT2D eigenvalue weighted by molar-refractivity contribution is -0.143. The highest BCUT2D eigenvalue weighted by atomic mass is 16.2. The van der Waals surface area contributed by atoms with Crippen molar-refractivity contribution in [1.29, 1.82) is 0 Å². The number of hydrogen-bond acceptors (Lipinski definition) is 3. The van der Waals surface area contributed by atoms with E-state index in [0.717, 1.165) is 0 Å². The van der Waals surface area contributed by atoms with Crippen LogP contribution in [0, 0.1) is 0 Å². The zero-order valence-electron chi connectivity index (χ0n) is 4.46. The van der Waals surface area contributed by atoms with E-state index < -0.39 is 17.6 Å². The lowest BCUT2D eigenvalue weighted by Gasteiger charge is -1.83. The number of hydrogen-bond donors (Lipinski definition) is 1. The minimum absolute atomic E-state index is 1.22. The van der Waals surface area contributed by atoms with Gasteiger partial charge < -0.3 is 5.73 Å². The Morgan fingerprint density at radius 1 is 1.33 bits per heavy atom. The molecule has 0 aliphatic rings. The van der Waals surface area contributed by atoms with Gasteiger partial charge in [-0.2, -0.15) is 0 Å². The average molecular weight is 128 g/mol. The number of Topliss-reactive ketones (excluding diaryl/α,β-unsaturated/α-hetero) is 1. The minimum atomic E-state index is -1.34. The molecule has 5 nitrogen and oxygen atoms in total. The van der Waals surface area contributed by atoms with E-state index in [2.05, 4.69) is 17.4 Å².